The van der Waals surface area contributed by atoms with Crippen LogP contribution in [0.1, 0.15) is 11.1 Å². The molecular weight excluding hydrogens is 368 g/mol. The average molecular weight is 392 g/mol. The highest BCUT2D eigenvalue weighted by Gasteiger charge is 2.12. The first-order valence-electron chi connectivity index (χ1n) is 9.70. The number of anilines is 1. The van der Waals surface area contributed by atoms with E-state index in [-0.39, 0.29) is 12.5 Å². The topological polar surface area (TPSA) is 85.2 Å². The summed E-state index contributed by atoms with van der Waals surface area (Å²) in [6.07, 6.45) is 0. The molecule has 3 aromatic rings. The van der Waals surface area contributed by atoms with Crippen molar-refractivity contribution in [1.29, 1.82) is 0 Å². The van der Waals surface area contributed by atoms with Crippen LogP contribution in [0.3, 0.4) is 0 Å². The molecule has 1 amide bonds. The van der Waals surface area contributed by atoms with Crippen molar-refractivity contribution in [3.8, 4) is 11.4 Å². The zero-order valence-electron chi connectivity index (χ0n) is 16.4. The van der Waals surface area contributed by atoms with Crippen LogP contribution < -0.4 is 5.32 Å². The second kappa shape index (κ2) is 8.93. The minimum absolute atomic E-state index is 0.0104. The van der Waals surface area contributed by atoms with Crippen molar-refractivity contribution in [2.45, 2.75) is 20.0 Å². The summed E-state index contributed by atoms with van der Waals surface area (Å²) in [6.45, 7) is 6.37. The Balaban J connectivity index is 1.35. The number of amides is 1. The van der Waals surface area contributed by atoms with Crippen molar-refractivity contribution in [1.82, 2.24) is 25.1 Å². The summed E-state index contributed by atoms with van der Waals surface area (Å²) >= 11 is 0. The number of hydrogen-bond donors (Lipinski definition) is 1. The number of carbonyl (C=O) groups excluding carboxylic acids is 1. The van der Waals surface area contributed by atoms with Gasteiger partial charge in [-0.05, 0) is 29.3 Å². The average Bonchev–Trinajstić information content (AvgIpc) is 3.19. The minimum atomic E-state index is -0.191. The molecule has 0 aliphatic carbocycles. The number of hydrogen-bond acceptors (Lipinski definition) is 6. The molecule has 1 N–H and O–H groups in total. The van der Waals surface area contributed by atoms with Gasteiger partial charge in [-0.15, -0.1) is 10.2 Å². The summed E-state index contributed by atoms with van der Waals surface area (Å²) in [6, 6.07) is 15.8. The van der Waals surface area contributed by atoms with Crippen molar-refractivity contribution in [3.05, 3.63) is 59.7 Å². The van der Waals surface area contributed by atoms with Gasteiger partial charge in [0.05, 0.1) is 13.2 Å². The Morgan fingerprint density at radius 3 is 2.62 bits per heavy atom. The van der Waals surface area contributed by atoms with Crippen LogP contribution in [0.25, 0.3) is 11.4 Å². The van der Waals surface area contributed by atoms with Crippen molar-refractivity contribution < 1.29 is 9.53 Å². The molecule has 29 heavy (non-hydrogen) atoms. The highest BCUT2D eigenvalue weighted by atomic mass is 16.5. The van der Waals surface area contributed by atoms with E-state index in [2.05, 4.69) is 37.8 Å². The van der Waals surface area contributed by atoms with Crippen molar-refractivity contribution in [2.24, 2.45) is 0 Å². The van der Waals surface area contributed by atoms with Gasteiger partial charge >= 0.3 is 0 Å². The fourth-order valence-corrected chi connectivity index (χ4v) is 3.23. The number of carbonyl (C=O) groups is 1. The molecular formula is C21H24N6O2. The molecule has 0 atom stereocenters. The highest BCUT2D eigenvalue weighted by molar-refractivity contribution is 5.91. The fourth-order valence-electron chi connectivity index (χ4n) is 3.23. The zero-order chi connectivity index (χ0) is 20.1. The molecule has 1 fully saturated rings. The van der Waals surface area contributed by atoms with Gasteiger partial charge in [0.25, 0.3) is 0 Å². The smallest absolute Gasteiger partial charge is 0.248 e. The van der Waals surface area contributed by atoms with Gasteiger partial charge in [-0.2, -0.15) is 4.80 Å². The lowest BCUT2D eigenvalue weighted by Gasteiger charge is -2.26. The first-order valence-corrected chi connectivity index (χ1v) is 9.70. The van der Waals surface area contributed by atoms with E-state index in [1.165, 1.54) is 10.4 Å². The van der Waals surface area contributed by atoms with Gasteiger partial charge in [-0.3, -0.25) is 9.69 Å². The van der Waals surface area contributed by atoms with Crippen LogP contribution in [0, 0.1) is 6.92 Å². The number of benzene rings is 2. The lowest BCUT2D eigenvalue weighted by Crippen LogP contribution is -2.35. The highest BCUT2D eigenvalue weighted by Crippen LogP contribution is 2.16. The molecule has 150 valence electrons. The van der Waals surface area contributed by atoms with Crippen LogP contribution in [0.15, 0.2) is 48.5 Å². The largest absolute Gasteiger partial charge is 0.379 e. The molecule has 1 saturated heterocycles. The Kier molecular flexibility index (Phi) is 5.92. The van der Waals surface area contributed by atoms with E-state index < -0.39 is 0 Å². The zero-order valence-corrected chi connectivity index (χ0v) is 16.4. The number of nitrogens with one attached hydrogen (secondary N) is 1. The maximum Gasteiger partial charge on any atom is 0.248 e. The minimum Gasteiger partial charge on any atom is -0.379 e. The predicted molar refractivity (Wildman–Crippen MR) is 109 cm³/mol. The number of tetrazole rings is 1. The van der Waals surface area contributed by atoms with Crippen molar-refractivity contribution >= 4 is 11.6 Å². The van der Waals surface area contributed by atoms with Gasteiger partial charge in [-0.1, -0.05) is 42.5 Å². The van der Waals surface area contributed by atoms with Gasteiger partial charge in [0.2, 0.25) is 11.7 Å². The van der Waals surface area contributed by atoms with Gasteiger partial charge < -0.3 is 10.1 Å². The number of aromatic nitrogens is 4. The fraction of sp³-hybridized carbons (Fsp3) is 0.333. The maximum atomic E-state index is 12.3. The lowest BCUT2D eigenvalue weighted by atomic mass is 10.1. The maximum absolute atomic E-state index is 12.3. The van der Waals surface area contributed by atoms with E-state index >= 15 is 0 Å². The first-order chi connectivity index (χ1) is 14.2. The van der Waals surface area contributed by atoms with E-state index in [4.69, 9.17) is 4.74 Å². The second-order valence-electron chi connectivity index (χ2n) is 7.09. The molecule has 0 bridgehead atoms. The monoisotopic (exact) mass is 392 g/mol. The Morgan fingerprint density at radius 2 is 1.86 bits per heavy atom. The Labute approximate surface area is 169 Å². The van der Waals surface area contributed by atoms with Crippen LogP contribution in [0.5, 0.6) is 0 Å². The van der Waals surface area contributed by atoms with E-state index in [1.54, 1.807) is 0 Å². The number of para-hydroxylation sites is 1. The number of morpholine rings is 1. The van der Waals surface area contributed by atoms with Crippen LogP contribution in [0.4, 0.5) is 5.69 Å². The van der Waals surface area contributed by atoms with Crippen LogP contribution >= 0.6 is 0 Å². The molecule has 0 spiro atoms. The van der Waals surface area contributed by atoms with Crippen LogP contribution in [-0.4, -0.2) is 57.3 Å². The number of aryl methyl sites for hydroxylation is 1. The predicted octanol–water partition coefficient (Wildman–Crippen LogP) is 2.12. The molecule has 1 aliphatic heterocycles. The van der Waals surface area contributed by atoms with Crippen molar-refractivity contribution in [2.75, 3.05) is 31.6 Å². The quantitative estimate of drug-likeness (QED) is 0.692. The Morgan fingerprint density at radius 1 is 1.10 bits per heavy atom. The van der Waals surface area contributed by atoms with Crippen LogP contribution in [0.2, 0.25) is 0 Å². The Hall–Kier alpha value is -3.10. The summed E-state index contributed by atoms with van der Waals surface area (Å²) in [4.78, 5) is 15.9. The number of rotatable bonds is 6. The van der Waals surface area contributed by atoms with Crippen molar-refractivity contribution in [3.63, 3.8) is 0 Å². The molecule has 0 saturated carbocycles. The summed E-state index contributed by atoms with van der Waals surface area (Å²) < 4.78 is 5.39. The van der Waals surface area contributed by atoms with Gasteiger partial charge in [0.15, 0.2) is 0 Å². The molecule has 0 radical (unpaired) electrons. The van der Waals surface area contributed by atoms with Gasteiger partial charge in [0, 0.05) is 30.9 Å². The van der Waals surface area contributed by atoms with E-state index in [0.29, 0.717) is 5.82 Å². The summed E-state index contributed by atoms with van der Waals surface area (Å²) in [5.41, 5.74) is 3.90. The summed E-state index contributed by atoms with van der Waals surface area (Å²) in [5.74, 6) is 0.315. The molecule has 8 heteroatoms. The standard InChI is InChI=1S/C21H24N6O2/c1-16-4-2-3-5-19(16)22-20(28)15-27-24-21(23-25-27)18-8-6-17(7-9-18)14-26-10-12-29-13-11-26/h2-9H,10-15H2,1H3,(H,22,28). The molecule has 0 unspecified atom stereocenters. The van der Waals surface area contributed by atoms with E-state index in [1.807, 2.05) is 43.3 Å². The normalized spacial score (nSPS) is 14.7. The summed E-state index contributed by atoms with van der Waals surface area (Å²) in [5, 5.41) is 15.3. The lowest BCUT2D eigenvalue weighted by molar-refractivity contribution is -0.117. The number of nitrogens with zero attached hydrogens (tertiary/aromatic N) is 5. The third-order valence-corrected chi connectivity index (χ3v) is 4.88. The molecule has 1 aromatic heterocycles. The molecule has 2 heterocycles. The van der Waals surface area contributed by atoms with E-state index in [0.717, 1.165) is 49.7 Å². The second-order valence-corrected chi connectivity index (χ2v) is 7.09. The van der Waals surface area contributed by atoms with Gasteiger partial charge in [0.1, 0.15) is 6.54 Å². The molecule has 8 nitrogen and oxygen atoms in total. The Bertz CT molecular complexity index is 963. The summed E-state index contributed by atoms with van der Waals surface area (Å²) in [7, 11) is 0. The van der Waals surface area contributed by atoms with Gasteiger partial charge in [-0.25, -0.2) is 0 Å². The SMILES string of the molecule is Cc1ccccc1NC(=O)Cn1nnc(-c2ccc(CN3CCOCC3)cc2)n1. The number of ether oxygens (including phenoxy) is 1. The first kappa shape index (κ1) is 19.2. The van der Waals surface area contributed by atoms with E-state index in [9.17, 15) is 4.79 Å². The third-order valence-electron chi connectivity index (χ3n) is 4.88. The molecule has 4 rings (SSSR count). The third kappa shape index (κ3) is 5.04. The molecule has 2 aromatic carbocycles. The van der Waals surface area contributed by atoms with Crippen LogP contribution in [-0.2, 0) is 22.6 Å². The molecule has 1 aliphatic rings.